The van der Waals surface area contributed by atoms with Crippen molar-refractivity contribution < 1.29 is 0 Å². The van der Waals surface area contributed by atoms with Gasteiger partial charge in [-0.1, -0.05) is 6.07 Å². The van der Waals surface area contributed by atoms with E-state index in [1.807, 2.05) is 36.4 Å². The first kappa shape index (κ1) is 13.3. The second kappa shape index (κ2) is 6.18. The average molecular weight is 270 g/mol. The Bertz CT molecular complexity index is 534. The summed E-state index contributed by atoms with van der Waals surface area (Å²) in [6, 6.07) is 4.22. The fraction of sp³-hybridized carbons (Fsp3) is 0.500. The molecule has 0 N–H and O–H groups in total. The Labute approximate surface area is 120 Å². The Morgan fingerprint density at radius 1 is 1.30 bits per heavy atom. The van der Waals surface area contributed by atoms with Gasteiger partial charge < -0.3 is 0 Å². The summed E-state index contributed by atoms with van der Waals surface area (Å²) in [7, 11) is 1.98. The minimum Gasteiger partial charge on any atom is -0.299 e. The molecule has 3 heterocycles. The zero-order chi connectivity index (χ0) is 13.8. The fourth-order valence-corrected chi connectivity index (χ4v) is 3.13. The monoisotopic (exact) mass is 270 g/mol. The highest BCUT2D eigenvalue weighted by molar-refractivity contribution is 5.10. The van der Waals surface area contributed by atoms with E-state index in [1.165, 1.54) is 37.1 Å². The molecule has 106 valence electrons. The van der Waals surface area contributed by atoms with Gasteiger partial charge in [0.25, 0.3) is 0 Å². The van der Waals surface area contributed by atoms with Gasteiger partial charge in [0.1, 0.15) is 0 Å². The van der Waals surface area contributed by atoms with E-state index >= 15 is 0 Å². The molecule has 3 rings (SSSR count). The molecule has 4 nitrogen and oxygen atoms in total. The normalized spacial score (nSPS) is 20.1. The first-order valence-corrected chi connectivity index (χ1v) is 7.38. The van der Waals surface area contributed by atoms with Crippen molar-refractivity contribution in [3.8, 4) is 0 Å². The highest BCUT2D eigenvalue weighted by Crippen LogP contribution is 2.21. The maximum Gasteiger partial charge on any atom is 0.0534 e. The Balaban J connectivity index is 1.56. The maximum atomic E-state index is 4.25. The van der Waals surface area contributed by atoms with E-state index in [2.05, 4.69) is 27.2 Å². The molecule has 2 aromatic rings. The summed E-state index contributed by atoms with van der Waals surface area (Å²) in [5, 5.41) is 4.25. The quantitative estimate of drug-likeness (QED) is 0.854. The topological polar surface area (TPSA) is 34.0 Å². The number of piperidine rings is 1. The summed E-state index contributed by atoms with van der Waals surface area (Å²) in [6.45, 7) is 3.42. The van der Waals surface area contributed by atoms with Crippen LogP contribution < -0.4 is 0 Å². The number of hydrogen-bond acceptors (Lipinski definition) is 3. The summed E-state index contributed by atoms with van der Waals surface area (Å²) in [5.74, 6) is 0.754. The molecular formula is C16H22N4. The third kappa shape index (κ3) is 3.45. The molecule has 1 aliphatic rings. The lowest BCUT2D eigenvalue weighted by molar-refractivity contribution is 0.167. The molecule has 2 aromatic heterocycles. The zero-order valence-corrected chi connectivity index (χ0v) is 12.1. The van der Waals surface area contributed by atoms with Crippen LogP contribution in [0.4, 0.5) is 0 Å². The largest absolute Gasteiger partial charge is 0.299 e. The smallest absolute Gasteiger partial charge is 0.0534 e. The SMILES string of the molecule is Cn1cc(CN2CCCC(Cc3cccnc3)C2)cn1. The average Bonchev–Trinajstić information content (AvgIpc) is 2.86. The summed E-state index contributed by atoms with van der Waals surface area (Å²) < 4.78 is 1.88. The number of aryl methyl sites for hydroxylation is 1. The number of rotatable bonds is 4. The van der Waals surface area contributed by atoms with Crippen molar-refractivity contribution in [2.75, 3.05) is 13.1 Å². The van der Waals surface area contributed by atoms with Gasteiger partial charge in [-0.15, -0.1) is 0 Å². The van der Waals surface area contributed by atoms with Crippen molar-refractivity contribution in [1.82, 2.24) is 19.7 Å². The molecule has 0 aromatic carbocycles. The predicted molar refractivity (Wildman–Crippen MR) is 79.2 cm³/mol. The lowest BCUT2D eigenvalue weighted by atomic mass is 9.92. The van der Waals surface area contributed by atoms with Crippen LogP contribution in [0.2, 0.25) is 0 Å². The molecule has 1 saturated heterocycles. The van der Waals surface area contributed by atoms with Crippen LogP contribution in [-0.4, -0.2) is 32.8 Å². The highest BCUT2D eigenvalue weighted by Gasteiger charge is 2.20. The fourth-order valence-electron chi connectivity index (χ4n) is 3.13. The van der Waals surface area contributed by atoms with E-state index < -0.39 is 0 Å². The van der Waals surface area contributed by atoms with Gasteiger partial charge in [-0.3, -0.25) is 14.6 Å². The van der Waals surface area contributed by atoms with E-state index in [0.717, 1.165) is 18.9 Å². The van der Waals surface area contributed by atoms with E-state index in [0.29, 0.717) is 0 Å². The lowest BCUT2D eigenvalue weighted by Gasteiger charge is -2.32. The third-order valence-corrected chi connectivity index (χ3v) is 4.01. The molecule has 0 amide bonds. The minimum absolute atomic E-state index is 0.754. The van der Waals surface area contributed by atoms with Gasteiger partial charge >= 0.3 is 0 Å². The van der Waals surface area contributed by atoms with Crippen molar-refractivity contribution in [1.29, 1.82) is 0 Å². The summed E-state index contributed by atoms with van der Waals surface area (Å²) in [6.07, 6.45) is 11.7. The Kier molecular flexibility index (Phi) is 4.11. The van der Waals surface area contributed by atoms with Crippen molar-refractivity contribution in [3.63, 3.8) is 0 Å². The van der Waals surface area contributed by atoms with Gasteiger partial charge in [0.2, 0.25) is 0 Å². The molecule has 0 radical (unpaired) electrons. The summed E-state index contributed by atoms with van der Waals surface area (Å²) in [4.78, 5) is 6.77. The molecule has 0 spiro atoms. The molecule has 1 fully saturated rings. The Morgan fingerprint density at radius 2 is 2.25 bits per heavy atom. The Morgan fingerprint density at radius 3 is 3.00 bits per heavy atom. The number of nitrogens with zero attached hydrogens (tertiary/aromatic N) is 4. The van der Waals surface area contributed by atoms with Crippen molar-refractivity contribution in [2.45, 2.75) is 25.8 Å². The van der Waals surface area contributed by atoms with Gasteiger partial charge in [0, 0.05) is 44.3 Å². The van der Waals surface area contributed by atoms with Gasteiger partial charge in [-0.05, 0) is 43.4 Å². The van der Waals surface area contributed by atoms with Crippen molar-refractivity contribution >= 4 is 0 Å². The molecule has 0 aliphatic carbocycles. The van der Waals surface area contributed by atoms with Crippen LogP contribution in [0, 0.1) is 5.92 Å². The first-order valence-electron chi connectivity index (χ1n) is 7.38. The Hall–Kier alpha value is -1.68. The van der Waals surface area contributed by atoms with Crippen LogP contribution in [0.25, 0.3) is 0 Å². The molecule has 0 saturated carbocycles. The van der Waals surface area contributed by atoms with Crippen LogP contribution in [0.3, 0.4) is 0 Å². The van der Waals surface area contributed by atoms with Crippen LogP contribution in [-0.2, 0) is 20.0 Å². The minimum atomic E-state index is 0.754. The van der Waals surface area contributed by atoms with Crippen LogP contribution in [0.1, 0.15) is 24.0 Å². The molecule has 0 bridgehead atoms. The summed E-state index contributed by atoms with van der Waals surface area (Å²) in [5.41, 5.74) is 2.68. The highest BCUT2D eigenvalue weighted by atomic mass is 15.2. The van der Waals surface area contributed by atoms with Gasteiger partial charge in [-0.25, -0.2) is 0 Å². The molecule has 4 heteroatoms. The molecular weight excluding hydrogens is 248 g/mol. The van der Waals surface area contributed by atoms with Crippen LogP contribution >= 0.6 is 0 Å². The maximum absolute atomic E-state index is 4.25. The number of likely N-dealkylation sites (tertiary alicyclic amines) is 1. The molecule has 1 atom stereocenters. The second-order valence-corrected chi connectivity index (χ2v) is 5.83. The van der Waals surface area contributed by atoms with E-state index in [9.17, 15) is 0 Å². The van der Waals surface area contributed by atoms with Crippen LogP contribution in [0.5, 0.6) is 0 Å². The van der Waals surface area contributed by atoms with Gasteiger partial charge in [0.05, 0.1) is 6.20 Å². The first-order chi connectivity index (χ1) is 9.79. The van der Waals surface area contributed by atoms with E-state index in [-0.39, 0.29) is 0 Å². The number of hydrogen-bond donors (Lipinski definition) is 0. The summed E-state index contributed by atoms with van der Waals surface area (Å²) >= 11 is 0. The van der Waals surface area contributed by atoms with Crippen molar-refractivity contribution in [2.24, 2.45) is 13.0 Å². The zero-order valence-electron chi connectivity index (χ0n) is 12.1. The van der Waals surface area contributed by atoms with Crippen LogP contribution in [0.15, 0.2) is 36.9 Å². The van der Waals surface area contributed by atoms with E-state index in [4.69, 9.17) is 0 Å². The lowest BCUT2D eigenvalue weighted by Crippen LogP contribution is -2.35. The standard InChI is InChI=1S/C16H22N4/c1-19-11-16(10-18-19)13-20-7-3-5-15(12-20)8-14-4-2-6-17-9-14/h2,4,6,9-11,15H,3,5,7-8,12-13H2,1H3. The predicted octanol–water partition coefficient (Wildman–Crippen LogP) is 2.27. The second-order valence-electron chi connectivity index (χ2n) is 5.83. The number of pyridine rings is 1. The number of aromatic nitrogens is 3. The van der Waals surface area contributed by atoms with E-state index in [1.54, 1.807) is 0 Å². The third-order valence-electron chi connectivity index (χ3n) is 4.01. The van der Waals surface area contributed by atoms with Crippen molar-refractivity contribution in [3.05, 3.63) is 48.0 Å². The van der Waals surface area contributed by atoms with Gasteiger partial charge in [0.15, 0.2) is 0 Å². The van der Waals surface area contributed by atoms with Gasteiger partial charge in [-0.2, -0.15) is 5.10 Å². The molecule has 20 heavy (non-hydrogen) atoms. The molecule has 1 aliphatic heterocycles. The molecule has 1 unspecified atom stereocenters.